The number of hydrogen-bond donors (Lipinski definition) is 2. The molecular formula is C9H21NO2. The van der Waals surface area contributed by atoms with Crippen molar-refractivity contribution in [2.75, 3.05) is 33.4 Å². The van der Waals surface area contributed by atoms with Crippen LogP contribution in [0.1, 0.15) is 25.7 Å². The summed E-state index contributed by atoms with van der Waals surface area (Å²) in [5.74, 6) is 0. The van der Waals surface area contributed by atoms with E-state index in [0.717, 1.165) is 32.5 Å². The smallest absolute Gasteiger partial charge is 0.0587 e. The minimum Gasteiger partial charge on any atom is -0.396 e. The van der Waals surface area contributed by atoms with Gasteiger partial charge in [0.05, 0.1) is 6.61 Å². The number of unbranched alkanes of at least 4 members (excludes halogenated alkanes) is 3. The highest BCUT2D eigenvalue weighted by Gasteiger charge is 1.88. The Labute approximate surface area is 75.1 Å². The van der Waals surface area contributed by atoms with Gasteiger partial charge in [0.15, 0.2) is 0 Å². The van der Waals surface area contributed by atoms with Gasteiger partial charge < -0.3 is 15.2 Å². The number of methoxy groups -OCH3 is 1. The lowest BCUT2D eigenvalue weighted by Crippen LogP contribution is -2.20. The maximum Gasteiger partial charge on any atom is 0.0587 e. The van der Waals surface area contributed by atoms with E-state index < -0.39 is 0 Å². The van der Waals surface area contributed by atoms with Crippen molar-refractivity contribution in [3.63, 3.8) is 0 Å². The number of nitrogens with one attached hydrogen (secondary N) is 1. The van der Waals surface area contributed by atoms with Crippen molar-refractivity contribution in [2.24, 2.45) is 0 Å². The van der Waals surface area contributed by atoms with Crippen LogP contribution in [0.15, 0.2) is 0 Å². The van der Waals surface area contributed by atoms with Crippen LogP contribution in [-0.2, 0) is 4.74 Å². The molecule has 0 aliphatic carbocycles. The van der Waals surface area contributed by atoms with Crippen molar-refractivity contribution in [2.45, 2.75) is 25.7 Å². The Morgan fingerprint density at radius 2 is 1.83 bits per heavy atom. The molecule has 3 nitrogen and oxygen atoms in total. The lowest BCUT2D eigenvalue weighted by Gasteiger charge is -2.02. The van der Waals surface area contributed by atoms with Crippen molar-refractivity contribution < 1.29 is 9.84 Å². The number of aliphatic hydroxyl groups excluding tert-OH is 1. The molecule has 0 aliphatic heterocycles. The van der Waals surface area contributed by atoms with E-state index in [1.807, 2.05) is 0 Å². The quantitative estimate of drug-likeness (QED) is 0.509. The molecular weight excluding hydrogens is 154 g/mol. The van der Waals surface area contributed by atoms with Crippen LogP contribution in [0.5, 0.6) is 0 Å². The molecule has 0 saturated heterocycles. The summed E-state index contributed by atoms with van der Waals surface area (Å²) in [5.41, 5.74) is 0. The Bertz CT molecular complexity index is 68.9. The van der Waals surface area contributed by atoms with Gasteiger partial charge in [0.2, 0.25) is 0 Å². The number of hydrogen-bond acceptors (Lipinski definition) is 3. The molecule has 3 heteroatoms. The minimum atomic E-state index is 0.330. The number of rotatable bonds is 9. The highest BCUT2D eigenvalue weighted by Crippen LogP contribution is 1.96. The van der Waals surface area contributed by atoms with E-state index in [0.29, 0.717) is 6.61 Å². The van der Waals surface area contributed by atoms with Crippen LogP contribution in [0.2, 0.25) is 0 Å². The molecule has 12 heavy (non-hydrogen) atoms. The predicted molar refractivity (Wildman–Crippen MR) is 50.3 cm³/mol. The first-order valence-electron chi connectivity index (χ1n) is 4.72. The molecule has 0 saturated carbocycles. The first-order chi connectivity index (χ1) is 5.91. The minimum absolute atomic E-state index is 0.330. The van der Waals surface area contributed by atoms with E-state index in [4.69, 9.17) is 9.84 Å². The summed E-state index contributed by atoms with van der Waals surface area (Å²) in [5, 5.41) is 11.8. The zero-order valence-electron chi connectivity index (χ0n) is 8.01. The second-order valence-electron chi connectivity index (χ2n) is 2.88. The Kier molecular flexibility index (Phi) is 10.8. The van der Waals surface area contributed by atoms with E-state index in [1.165, 1.54) is 12.8 Å². The summed E-state index contributed by atoms with van der Waals surface area (Å²) in [6, 6.07) is 0. The van der Waals surface area contributed by atoms with Gasteiger partial charge in [-0.3, -0.25) is 0 Å². The van der Waals surface area contributed by atoms with Crippen LogP contribution in [-0.4, -0.2) is 38.5 Å². The summed E-state index contributed by atoms with van der Waals surface area (Å²) in [6.07, 6.45) is 4.49. The third kappa shape index (κ3) is 9.88. The maximum atomic E-state index is 8.51. The van der Waals surface area contributed by atoms with Crippen molar-refractivity contribution in [3.8, 4) is 0 Å². The molecule has 0 heterocycles. The van der Waals surface area contributed by atoms with E-state index in [-0.39, 0.29) is 0 Å². The summed E-state index contributed by atoms with van der Waals surface area (Å²) in [7, 11) is 1.71. The largest absolute Gasteiger partial charge is 0.396 e. The fourth-order valence-electron chi connectivity index (χ4n) is 1.01. The molecule has 0 atom stereocenters. The van der Waals surface area contributed by atoms with Crippen molar-refractivity contribution in [1.82, 2.24) is 5.32 Å². The standard InChI is InChI=1S/C9H21NO2/c1-12-9-7-10-6-4-2-3-5-8-11/h10-11H,2-9H2,1H3. The van der Waals surface area contributed by atoms with Crippen LogP contribution < -0.4 is 5.32 Å². The molecule has 0 aliphatic rings. The van der Waals surface area contributed by atoms with E-state index in [1.54, 1.807) is 7.11 Å². The van der Waals surface area contributed by atoms with Gasteiger partial charge in [0.25, 0.3) is 0 Å². The van der Waals surface area contributed by atoms with Crippen LogP contribution in [0.25, 0.3) is 0 Å². The molecule has 0 aromatic heterocycles. The summed E-state index contributed by atoms with van der Waals surface area (Å²) >= 11 is 0. The Morgan fingerprint density at radius 1 is 1.08 bits per heavy atom. The molecule has 0 amide bonds. The highest BCUT2D eigenvalue weighted by atomic mass is 16.5. The van der Waals surface area contributed by atoms with E-state index in [9.17, 15) is 0 Å². The first-order valence-corrected chi connectivity index (χ1v) is 4.72. The van der Waals surface area contributed by atoms with Gasteiger partial charge in [0, 0.05) is 20.3 Å². The molecule has 0 unspecified atom stereocenters. The van der Waals surface area contributed by atoms with Crippen molar-refractivity contribution >= 4 is 0 Å². The lowest BCUT2D eigenvalue weighted by atomic mass is 10.2. The molecule has 0 radical (unpaired) electrons. The van der Waals surface area contributed by atoms with Gasteiger partial charge in [-0.15, -0.1) is 0 Å². The second kappa shape index (κ2) is 10.9. The monoisotopic (exact) mass is 175 g/mol. The van der Waals surface area contributed by atoms with Gasteiger partial charge >= 0.3 is 0 Å². The molecule has 0 aromatic carbocycles. The third-order valence-electron chi connectivity index (χ3n) is 1.74. The molecule has 0 aromatic rings. The molecule has 74 valence electrons. The maximum absolute atomic E-state index is 8.51. The molecule has 0 fully saturated rings. The normalized spacial score (nSPS) is 10.5. The molecule has 0 spiro atoms. The topological polar surface area (TPSA) is 41.5 Å². The zero-order chi connectivity index (χ0) is 9.07. The molecule has 2 N–H and O–H groups in total. The number of aliphatic hydroxyl groups is 1. The fourth-order valence-corrected chi connectivity index (χ4v) is 1.01. The van der Waals surface area contributed by atoms with Crippen LogP contribution in [0, 0.1) is 0 Å². The molecule has 0 bridgehead atoms. The summed E-state index contributed by atoms with van der Waals surface area (Å²) in [4.78, 5) is 0. The predicted octanol–water partition coefficient (Wildman–Crippen LogP) is 0.775. The van der Waals surface area contributed by atoms with Gasteiger partial charge in [-0.25, -0.2) is 0 Å². The van der Waals surface area contributed by atoms with Gasteiger partial charge in [-0.05, 0) is 19.4 Å². The van der Waals surface area contributed by atoms with Gasteiger partial charge in [0.1, 0.15) is 0 Å². The Balaban J connectivity index is 2.73. The third-order valence-corrected chi connectivity index (χ3v) is 1.74. The van der Waals surface area contributed by atoms with Crippen LogP contribution in [0.4, 0.5) is 0 Å². The van der Waals surface area contributed by atoms with Crippen molar-refractivity contribution in [1.29, 1.82) is 0 Å². The zero-order valence-corrected chi connectivity index (χ0v) is 8.01. The highest BCUT2D eigenvalue weighted by molar-refractivity contribution is 4.48. The number of ether oxygens (including phenoxy) is 1. The first kappa shape index (κ1) is 11.9. The van der Waals surface area contributed by atoms with Gasteiger partial charge in [-0.2, -0.15) is 0 Å². The summed E-state index contributed by atoms with van der Waals surface area (Å²) in [6.45, 7) is 3.12. The lowest BCUT2D eigenvalue weighted by molar-refractivity contribution is 0.199. The van der Waals surface area contributed by atoms with Gasteiger partial charge in [-0.1, -0.05) is 12.8 Å². The Hall–Kier alpha value is -0.120. The van der Waals surface area contributed by atoms with E-state index in [2.05, 4.69) is 5.32 Å². The average molecular weight is 175 g/mol. The summed E-state index contributed by atoms with van der Waals surface area (Å²) < 4.78 is 4.89. The average Bonchev–Trinajstić information content (AvgIpc) is 2.10. The SMILES string of the molecule is COCCNCCCCCCO. The fraction of sp³-hybridized carbons (Fsp3) is 1.00. The van der Waals surface area contributed by atoms with Crippen LogP contribution >= 0.6 is 0 Å². The Morgan fingerprint density at radius 3 is 2.50 bits per heavy atom. The second-order valence-corrected chi connectivity index (χ2v) is 2.88. The van der Waals surface area contributed by atoms with Crippen LogP contribution in [0.3, 0.4) is 0 Å². The van der Waals surface area contributed by atoms with Crippen molar-refractivity contribution in [3.05, 3.63) is 0 Å². The molecule has 0 rings (SSSR count). The van der Waals surface area contributed by atoms with E-state index >= 15 is 0 Å².